The predicted molar refractivity (Wildman–Crippen MR) is 80.9 cm³/mol. The van der Waals surface area contributed by atoms with Crippen LogP contribution in [0.2, 0.25) is 0 Å². The normalized spacial score (nSPS) is 12.0. The summed E-state index contributed by atoms with van der Waals surface area (Å²) in [5.74, 6) is -0.615. The Morgan fingerprint density at radius 2 is 1.90 bits per heavy atom. The van der Waals surface area contributed by atoms with E-state index in [2.05, 4.69) is 5.32 Å². The van der Waals surface area contributed by atoms with Gasteiger partial charge in [-0.1, -0.05) is 36.8 Å². The fraction of sp³-hybridized carbons (Fsp3) is 0.250. The van der Waals surface area contributed by atoms with Crippen LogP contribution in [0.25, 0.3) is 0 Å². The lowest BCUT2D eigenvalue weighted by atomic mass is 10.0. The number of benzene rings is 2. The predicted octanol–water partition coefficient (Wildman–Crippen LogP) is 4.61. The number of aryl methyl sites for hydroxylation is 1. The molecule has 2 aromatic rings. The van der Waals surface area contributed by atoms with Gasteiger partial charge in [-0.25, -0.2) is 4.39 Å². The molecule has 2 rings (SSSR count). The molecule has 0 aromatic heterocycles. The van der Waals surface area contributed by atoms with Crippen molar-refractivity contribution < 1.29 is 9.31 Å². The van der Waals surface area contributed by atoms with Crippen LogP contribution in [0.15, 0.2) is 42.5 Å². The van der Waals surface area contributed by atoms with E-state index in [0.717, 1.165) is 23.6 Å². The van der Waals surface area contributed by atoms with Crippen LogP contribution in [0.4, 0.5) is 15.8 Å². The molecule has 0 saturated carbocycles. The molecule has 0 aliphatic carbocycles. The molecule has 4 nitrogen and oxygen atoms in total. The number of nitro benzene ring substituents is 1. The van der Waals surface area contributed by atoms with Gasteiger partial charge in [0, 0.05) is 0 Å². The average molecular weight is 288 g/mol. The van der Waals surface area contributed by atoms with E-state index in [1.165, 1.54) is 12.1 Å². The Labute approximate surface area is 122 Å². The second kappa shape index (κ2) is 6.35. The van der Waals surface area contributed by atoms with Gasteiger partial charge in [-0.2, -0.15) is 0 Å². The van der Waals surface area contributed by atoms with E-state index in [1.54, 1.807) is 0 Å². The molecule has 2 aromatic carbocycles. The van der Waals surface area contributed by atoms with Crippen LogP contribution in [0, 0.1) is 22.9 Å². The van der Waals surface area contributed by atoms with Crippen molar-refractivity contribution in [3.63, 3.8) is 0 Å². The van der Waals surface area contributed by atoms with Crippen LogP contribution in [0.3, 0.4) is 0 Å². The third kappa shape index (κ3) is 3.56. The summed E-state index contributed by atoms with van der Waals surface area (Å²) in [6, 6.07) is 11.5. The number of nitrogens with one attached hydrogen (secondary N) is 1. The number of rotatable bonds is 5. The molecule has 0 radical (unpaired) electrons. The van der Waals surface area contributed by atoms with Crippen LogP contribution in [0.5, 0.6) is 0 Å². The van der Waals surface area contributed by atoms with Crippen molar-refractivity contribution in [1.29, 1.82) is 0 Å². The molecule has 1 unspecified atom stereocenters. The lowest BCUT2D eigenvalue weighted by Crippen LogP contribution is -2.11. The van der Waals surface area contributed by atoms with Crippen molar-refractivity contribution >= 4 is 11.4 Å². The van der Waals surface area contributed by atoms with E-state index < -0.39 is 10.7 Å². The first kappa shape index (κ1) is 15.0. The third-order valence-corrected chi connectivity index (χ3v) is 3.37. The van der Waals surface area contributed by atoms with Gasteiger partial charge in [0.25, 0.3) is 5.69 Å². The molecular weight excluding hydrogens is 271 g/mol. The number of anilines is 1. The summed E-state index contributed by atoms with van der Waals surface area (Å²) in [5.41, 5.74) is 2.28. The van der Waals surface area contributed by atoms with Crippen molar-refractivity contribution in [2.24, 2.45) is 0 Å². The zero-order chi connectivity index (χ0) is 15.4. The number of hydrogen-bond acceptors (Lipinski definition) is 3. The fourth-order valence-corrected chi connectivity index (χ4v) is 2.19. The van der Waals surface area contributed by atoms with Crippen LogP contribution < -0.4 is 5.32 Å². The first-order valence-electron chi connectivity index (χ1n) is 6.78. The minimum atomic E-state index is -0.615. The molecule has 0 fully saturated rings. The van der Waals surface area contributed by atoms with Gasteiger partial charge in [0.2, 0.25) is 0 Å². The minimum Gasteiger partial charge on any atom is -0.373 e. The average Bonchev–Trinajstić information content (AvgIpc) is 2.47. The maximum Gasteiger partial charge on any atom is 0.295 e. The summed E-state index contributed by atoms with van der Waals surface area (Å²) in [4.78, 5) is 10.4. The minimum absolute atomic E-state index is 0.0604. The zero-order valence-electron chi connectivity index (χ0n) is 12.0. The highest BCUT2D eigenvalue weighted by atomic mass is 19.1. The summed E-state index contributed by atoms with van der Waals surface area (Å²) < 4.78 is 13.2. The second-order valence-corrected chi connectivity index (χ2v) is 4.93. The van der Waals surface area contributed by atoms with E-state index in [-0.39, 0.29) is 11.7 Å². The van der Waals surface area contributed by atoms with Gasteiger partial charge in [-0.3, -0.25) is 10.1 Å². The first-order valence-corrected chi connectivity index (χ1v) is 6.78. The van der Waals surface area contributed by atoms with Gasteiger partial charge in [0.05, 0.1) is 17.0 Å². The molecule has 1 N–H and O–H groups in total. The number of nitrogens with zero attached hydrogens (tertiary/aromatic N) is 1. The number of hydrogen-bond donors (Lipinski definition) is 1. The van der Waals surface area contributed by atoms with Crippen LogP contribution in [0.1, 0.15) is 30.5 Å². The highest BCUT2D eigenvalue weighted by Gasteiger charge is 2.18. The van der Waals surface area contributed by atoms with E-state index >= 15 is 0 Å². The third-order valence-electron chi connectivity index (χ3n) is 3.37. The highest BCUT2D eigenvalue weighted by Crippen LogP contribution is 2.30. The summed E-state index contributed by atoms with van der Waals surface area (Å²) in [6.07, 6.45) is 0.761. The highest BCUT2D eigenvalue weighted by molar-refractivity contribution is 5.62. The maximum absolute atomic E-state index is 13.2. The van der Waals surface area contributed by atoms with Crippen molar-refractivity contribution in [2.45, 2.75) is 26.3 Å². The molecule has 0 heterocycles. The molecule has 0 bridgehead atoms. The molecule has 0 aliphatic heterocycles. The van der Waals surface area contributed by atoms with Crippen LogP contribution in [-0.4, -0.2) is 4.92 Å². The molecule has 0 spiro atoms. The zero-order valence-corrected chi connectivity index (χ0v) is 12.0. The summed E-state index contributed by atoms with van der Waals surface area (Å²) in [6.45, 7) is 4.00. The molecule has 1 atom stereocenters. The van der Waals surface area contributed by atoms with Gasteiger partial charge in [-0.15, -0.1) is 0 Å². The van der Waals surface area contributed by atoms with Gasteiger partial charge in [-0.05, 0) is 31.0 Å². The van der Waals surface area contributed by atoms with Crippen LogP contribution in [-0.2, 0) is 0 Å². The molecule has 110 valence electrons. The van der Waals surface area contributed by atoms with E-state index in [4.69, 9.17) is 0 Å². The van der Waals surface area contributed by atoms with Crippen molar-refractivity contribution in [1.82, 2.24) is 0 Å². The molecule has 0 saturated heterocycles. The monoisotopic (exact) mass is 288 g/mol. The summed E-state index contributed by atoms with van der Waals surface area (Å²) in [7, 11) is 0. The van der Waals surface area contributed by atoms with Gasteiger partial charge >= 0.3 is 0 Å². The Balaban J connectivity index is 2.30. The second-order valence-electron chi connectivity index (χ2n) is 4.93. The topological polar surface area (TPSA) is 55.2 Å². The van der Waals surface area contributed by atoms with E-state index in [0.29, 0.717) is 5.69 Å². The lowest BCUT2D eigenvalue weighted by Gasteiger charge is -2.19. The molecule has 5 heteroatoms. The van der Waals surface area contributed by atoms with Gasteiger partial charge in [0.1, 0.15) is 11.5 Å². The quantitative estimate of drug-likeness (QED) is 0.646. The largest absolute Gasteiger partial charge is 0.373 e. The van der Waals surface area contributed by atoms with Crippen molar-refractivity contribution in [3.05, 3.63) is 69.5 Å². The van der Waals surface area contributed by atoms with Gasteiger partial charge in [0.15, 0.2) is 0 Å². The van der Waals surface area contributed by atoms with Crippen molar-refractivity contribution in [3.8, 4) is 0 Å². The fourth-order valence-electron chi connectivity index (χ4n) is 2.19. The Morgan fingerprint density at radius 1 is 1.24 bits per heavy atom. The number of halogens is 1. The molecule has 21 heavy (non-hydrogen) atoms. The Bertz CT molecular complexity index is 641. The maximum atomic E-state index is 13.2. The Kier molecular flexibility index (Phi) is 4.52. The molecular formula is C16H17FN2O2. The first-order chi connectivity index (χ1) is 10.0. The summed E-state index contributed by atoms with van der Waals surface area (Å²) >= 11 is 0. The molecule has 0 aliphatic rings. The SMILES string of the molecule is CCC(Nc1ccc(F)cc1[N+](=O)[O-])c1ccc(C)cc1. The smallest absolute Gasteiger partial charge is 0.295 e. The number of nitro groups is 1. The van der Waals surface area contributed by atoms with E-state index in [9.17, 15) is 14.5 Å². The van der Waals surface area contributed by atoms with Crippen molar-refractivity contribution in [2.75, 3.05) is 5.32 Å². The molecule has 0 amide bonds. The standard InChI is InChI=1S/C16H17FN2O2/c1-3-14(12-6-4-11(2)5-7-12)18-15-9-8-13(17)10-16(15)19(20)21/h4-10,14,18H,3H2,1-2H3. The van der Waals surface area contributed by atoms with Crippen LogP contribution >= 0.6 is 0 Å². The van der Waals surface area contributed by atoms with Gasteiger partial charge < -0.3 is 5.32 Å². The summed E-state index contributed by atoms with van der Waals surface area (Å²) in [5, 5.41) is 14.2. The van der Waals surface area contributed by atoms with E-state index in [1.807, 2.05) is 38.1 Å². The Morgan fingerprint density at radius 3 is 2.48 bits per heavy atom. The lowest BCUT2D eigenvalue weighted by molar-refractivity contribution is -0.384. The Hall–Kier alpha value is -2.43.